The molecule has 0 N–H and O–H groups in total. The van der Waals surface area contributed by atoms with Crippen molar-refractivity contribution in [1.82, 2.24) is 0 Å². The van der Waals surface area contributed by atoms with Crippen molar-refractivity contribution in [3.63, 3.8) is 0 Å². The van der Waals surface area contributed by atoms with Crippen LogP contribution in [0.5, 0.6) is 0 Å². The van der Waals surface area contributed by atoms with Crippen LogP contribution in [0.15, 0.2) is 29.3 Å². The second-order valence-corrected chi connectivity index (χ2v) is 3.03. The predicted molar refractivity (Wildman–Crippen MR) is 42.4 cm³/mol. The summed E-state index contributed by atoms with van der Waals surface area (Å²) in [6, 6.07) is 8.08. The van der Waals surface area contributed by atoms with Crippen molar-refractivity contribution in [3.05, 3.63) is 34.8 Å². The van der Waals surface area contributed by atoms with Crippen molar-refractivity contribution < 1.29 is 0 Å². The summed E-state index contributed by atoms with van der Waals surface area (Å²) in [6.45, 7) is 0. The molecule has 0 bridgehead atoms. The van der Waals surface area contributed by atoms with Gasteiger partial charge in [-0.05, 0) is 0 Å². The van der Waals surface area contributed by atoms with E-state index in [1.165, 1.54) is 5.22 Å². The van der Waals surface area contributed by atoms with Crippen LogP contribution in [0.1, 0.15) is 0 Å². The number of rotatable bonds is 0. The van der Waals surface area contributed by atoms with E-state index in [0.717, 1.165) is 9.90 Å². The normalized spacial score (nSPS) is 13.8. The Morgan fingerprint density at radius 3 is 2.80 bits per heavy atom. The maximum absolute atomic E-state index is 4.26. The number of hydrogen-bond donors (Lipinski definition) is 0. The first-order valence-electron chi connectivity index (χ1n) is 3.06. The molecule has 0 saturated heterocycles. The average Bonchev–Trinajstić information content (AvgIpc) is 2.27. The summed E-state index contributed by atoms with van der Waals surface area (Å²) in [4.78, 5) is 4.26. The van der Waals surface area contributed by atoms with Gasteiger partial charge in [0.05, 0.1) is 0 Å². The van der Waals surface area contributed by atoms with E-state index < -0.39 is 0 Å². The van der Waals surface area contributed by atoms with Gasteiger partial charge in [0.1, 0.15) is 0 Å². The summed E-state index contributed by atoms with van der Waals surface area (Å²) in [5.74, 6) is 0. The molecule has 0 saturated carbocycles. The second kappa shape index (κ2) is 2.15. The molecule has 1 heterocycles. The van der Waals surface area contributed by atoms with Crippen LogP contribution in [0.25, 0.3) is 6.08 Å². The third kappa shape index (κ3) is 0.859. The molecule has 0 fully saturated rings. The molecular weight excluding hydrogens is 189 g/mol. The predicted octanol–water partition coefficient (Wildman–Crippen LogP) is -0.601. The van der Waals surface area contributed by atoms with Crippen molar-refractivity contribution in [2.24, 2.45) is 4.99 Å². The summed E-state index contributed by atoms with van der Waals surface area (Å²) in [6.07, 6.45) is 2.04. The SMILES string of the molecule is [Se]=C1C=c2ccccc2=N1. The van der Waals surface area contributed by atoms with E-state index in [9.17, 15) is 0 Å². The summed E-state index contributed by atoms with van der Waals surface area (Å²) in [7, 11) is 0. The topological polar surface area (TPSA) is 12.4 Å². The van der Waals surface area contributed by atoms with Gasteiger partial charge in [-0.15, -0.1) is 0 Å². The van der Waals surface area contributed by atoms with Gasteiger partial charge in [-0.2, -0.15) is 0 Å². The van der Waals surface area contributed by atoms with Crippen LogP contribution >= 0.6 is 0 Å². The van der Waals surface area contributed by atoms with Crippen molar-refractivity contribution in [2.45, 2.75) is 0 Å². The molecule has 0 aliphatic carbocycles. The van der Waals surface area contributed by atoms with Crippen LogP contribution in [-0.4, -0.2) is 20.1 Å². The summed E-state index contributed by atoms with van der Waals surface area (Å²) in [5.41, 5.74) is 0. The third-order valence-electron chi connectivity index (χ3n) is 1.45. The zero-order valence-corrected chi connectivity index (χ0v) is 6.96. The molecule has 0 amide bonds. The molecule has 2 rings (SSSR count). The minimum atomic E-state index is 0.973. The Bertz CT molecular complexity index is 355. The van der Waals surface area contributed by atoms with Gasteiger partial charge in [0.15, 0.2) is 0 Å². The molecule has 1 nitrogen and oxygen atoms in total. The molecular formula is C8H5NSe. The number of nitrogens with zero attached hydrogens (tertiary/aromatic N) is 1. The van der Waals surface area contributed by atoms with E-state index in [0.29, 0.717) is 0 Å². The zero-order chi connectivity index (χ0) is 6.97. The third-order valence-corrected chi connectivity index (χ3v) is 1.89. The van der Waals surface area contributed by atoms with Gasteiger partial charge in [-0.3, -0.25) is 0 Å². The summed E-state index contributed by atoms with van der Waals surface area (Å²) in [5, 5.41) is 2.27. The Balaban J connectivity index is 2.96. The van der Waals surface area contributed by atoms with Crippen molar-refractivity contribution in [2.75, 3.05) is 0 Å². The molecule has 0 radical (unpaired) electrons. The Kier molecular flexibility index (Phi) is 1.30. The molecule has 2 heteroatoms. The van der Waals surface area contributed by atoms with Crippen molar-refractivity contribution in [3.8, 4) is 0 Å². The van der Waals surface area contributed by atoms with Gasteiger partial charge in [-0.25, -0.2) is 0 Å². The molecule has 1 aromatic carbocycles. The Morgan fingerprint density at radius 2 is 2.00 bits per heavy atom. The van der Waals surface area contributed by atoms with Gasteiger partial charge in [0.2, 0.25) is 0 Å². The van der Waals surface area contributed by atoms with Gasteiger partial charge < -0.3 is 0 Å². The Morgan fingerprint density at radius 1 is 1.20 bits per heavy atom. The van der Waals surface area contributed by atoms with E-state index in [4.69, 9.17) is 0 Å². The molecule has 1 aliphatic heterocycles. The van der Waals surface area contributed by atoms with E-state index in [1.807, 2.05) is 24.3 Å². The molecule has 0 atom stereocenters. The van der Waals surface area contributed by atoms with E-state index in [-0.39, 0.29) is 0 Å². The number of para-hydroxylation sites is 1. The van der Waals surface area contributed by atoms with Crippen molar-refractivity contribution >= 4 is 26.2 Å². The second-order valence-electron chi connectivity index (χ2n) is 2.15. The van der Waals surface area contributed by atoms with E-state index >= 15 is 0 Å². The molecule has 48 valence electrons. The van der Waals surface area contributed by atoms with Crippen LogP contribution < -0.4 is 10.6 Å². The summed E-state index contributed by atoms with van der Waals surface area (Å²) >= 11 is 2.88. The molecule has 0 unspecified atom stereocenters. The van der Waals surface area contributed by atoms with Gasteiger partial charge in [0, 0.05) is 0 Å². The first kappa shape index (κ1) is 6.02. The average molecular weight is 194 g/mol. The zero-order valence-electron chi connectivity index (χ0n) is 5.24. The van der Waals surface area contributed by atoms with Gasteiger partial charge in [-0.1, -0.05) is 0 Å². The molecule has 0 spiro atoms. The maximum atomic E-state index is 4.26. The number of benzene rings is 1. The fourth-order valence-corrected chi connectivity index (χ4v) is 1.47. The standard InChI is InChI=1S/C8H5NSe/c10-8-5-6-3-1-2-4-7(6)9-8/h1-5H. The molecule has 1 aromatic rings. The fourth-order valence-electron chi connectivity index (χ4n) is 0.995. The summed E-state index contributed by atoms with van der Waals surface area (Å²) < 4.78 is 0.973. The molecule has 10 heavy (non-hydrogen) atoms. The minimum absolute atomic E-state index is 0.973. The quantitative estimate of drug-likeness (QED) is 0.489. The van der Waals surface area contributed by atoms with Crippen LogP contribution in [0.2, 0.25) is 0 Å². The van der Waals surface area contributed by atoms with Crippen LogP contribution in [-0.2, 0) is 0 Å². The monoisotopic (exact) mass is 195 g/mol. The van der Waals surface area contributed by atoms with Gasteiger partial charge in [0.25, 0.3) is 0 Å². The van der Waals surface area contributed by atoms with Crippen LogP contribution in [0.3, 0.4) is 0 Å². The Labute approximate surface area is 66.5 Å². The Hall–Kier alpha value is -0.721. The van der Waals surface area contributed by atoms with E-state index in [1.54, 1.807) is 0 Å². The van der Waals surface area contributed by atoms with Gasteiger partial charge >= 0.3 is 66.0 Å². The fraction of sp³-hybridized carbons (Fsp3) is 0. The van der Waals surface area contributed by atoms with Crippen molar-refractivity contribution in [1.29, 1.82) is 0 Å². The van der Waals surface area contributed by atoms with Crippen LogP contribution in [0.4, 0.5) is 0 Å². The number of hydrogen-bond acceptors (Lipinski definition) is 1. The molecule has 1 aliphatic rings. The first-order chi connectivity index (χ1) is 4.86. The van der Waals surface area contributed by atoms with Crippen LogP contribution in [0, 0.1) is 0 Å². The van der Waals surface area contributed by atoms with E-state index in [2.05, 4.69) is 26.6 Å². The first-order valence-corrected chi connectivity index (χ1v) is 3.91. The molecule has 0 aromatic heterocycles. The number of fused-ring (bicyclic) bond motifs is 1.